The highest BCUT2D eigenvalue weighted by Crippen LogP contribution is 2.28. The minimum atomic E-state index is 0.0343. The second-order valence-corrected chi connectivity index (χ2v) is 7.14. The molecular formula is C18H23ClN3O+. The first-order chi connectivity index (χ1) is 11.2. The maximum Gasteiger partial charge on any atom is 0.279 e. The number of likely N-dealkylation sites (tertiary alicyclic amines) is 1. The summed E-state index contributed by atoms with van der Waals surface area (Å²) in [7, 11) is 0. The molecule has 0 radical (unpaired) electrons. The Hall–Kier alpha value is -1.57. The molecule has 1 unspecified atom stereocenters. The van der Waals surface area contributed by atoms with Crippen LogP contribution in [0.1, 0.15) is 44.1 Å². The molecule has 2 fully saturated rings. The van der Waals surface area contributed by atoms with E-state index in [1.807, 2.05) is 6.07 Å². The molecule has 1 heterocycles. The molecule has 2 aliphatic rings. The first-order valence-corrected chi connectivity index (χ1v) is 8.89. The predicted molar refractivity (Wildman–Crippen MR) is 90.5 cm³/mol. The highest BCUT2D eigenvalue weighted by molar-refractivity contribution is 6.32. The zero-order chi connectivity index (χ0) is 16.2. The van der Waals surface area contributed by atoms with Crippen LogP contribution in [-0.4, -0.2) is 25.0 Å². The van der Waals surface area contributed by atoms with Crippen LogP contribution in [0.2, 0.25) is 5.02 Å². The van der Waals surface area contributed by atoms with Crippen LogP contribution in [0.4, 0.5) is 5.69 Å². The van der Waals surface area contributed by atoms with Gasteiger partial charge in [-0.15, -0.1) is 0 Å². The van der Waals surface area contributed by atoms with Crippen molar-refractivity contribution in [2.75, 3.05) is 18.4 Å². The van der Waals surface area contributed by atoms with Gasteiger partial charge in [0.2, 0.25) is 0 Å². The van der Waals surface area contributed by atoms with E-state index in [1.165, 1.54) is 43.4 Å². The van der Waals surface area contributed by atoms with Crippen LogP contribution in [0.15, 0.2) is 18.2 Å². The molecule has 122 valence electrons. The summed E-state index contributed by atoms with van der Waals surface area (Å²) >= 11 is 6.02. The molecule has 23 heavy (non-hydrogen) atoms. The quantitative estimate of drug-likeness (QED) is 0.893. The number of hydrogen-bond acceptors (Lipinski definition) is 2. The number of carbonyl (C=O) groups is 1. The van der Waals surface area contributed by atoms with Crippen molar-refractivity contribution < 1.29 is 9.69 Å². The van der Waals surface area contributed by atoms with Crippen molar-refractivity contribution >= 4 is 23.2 Å². The summed E-state index contributed by atoms with van der Waals surface area (Å²) in [4.78, 5) is 13.8. The summed E-state index contributed by atoms with van der Waals surface area (Å²) < 4.78 is 0. The van der Waals surface area contributed by atoms with Gasteiger partial charge in [0.1, 0.15) is 6.07 Å². The molecule has 1 amide bonds. The normalized spacial score (nSPS) is 26.9. The summed E-state index contributed by atoms with van der Waals surface area (Å²) in [6.45, 7) is 1.63. The third kappa shape index (κ3) is 3.85. The zero-order valence-electron chi connectivity index (χ0n) is 13.3. The van der Waals surface area contributed by atoms with Gasteiger partial charge in [0.15, 0.2) is 6.54 Å². The third-order valence-electron chi connectivity index (χ3n) is 5.27. The minimum absolute atomic E-state index is 0.0343. The van der Waals surface area contributed by atoms with E-state index in [4.69, 9.17) is 16.9 Å². The van der Waals surface area contributed by atoms with E-state index in [0.717, 1.165) is 12.5 Å². The lowest BCUT2D eigenvalue weighted by Gasteiger charge is -2.40. The molecule has 2 N–H and O–H groups in total. The lowest BCUT2D eigenvalue weighted by molar-refractivity contribution is -0.928. The Morgan fingerprint density at radius 3 is 2.87 bits per heavy atom. The van der Waals surface area contributed by atoms with Gasteiger partial charge in [0, 0.05) is 11.6 Å². The van der Waals surface area contributed by atoms with Gasteiger partial charge in [-0.2, -0.15) is 5.26 Å². The van der Waals surface area contributed by atoms with E-state index < -0.39 is 0 Å². The van der Waals surface area contributed by atoms with E-state index in [1.54, 1.807) is 18.2 Å². The zero-order valence-corrected chi connectivity index (χ0v) is 14.0. The van der Waals surface area contributed by atoms with E-state index in [2.05, 4.69) is 5.32 Å². The lowest BCUT2D eigenvalue weighted by Crippen LogP contribution is -3.18. The van der Waals surface area contributed by atoms with Crippen molar-refractivity contribution in [3.05, 3.63) is 28.8 Å². The van der Waals surface area contributed by atoms with Crippen LogP contribution < -0.4 is 10.2 Å². The Balaban J connectivity index is 1.60. The van der Waals surface area contributed by atoms with Gasteiger partial charge in [-0.3, -0.25) is 4.79 Å². The number of piperidine rings is 1. The van der Waals surface area contributed by atoms with Crippen molar-refractivity contribution in [3.8, 4) is 6.07 Å². The number of quaternary nitrogens is 1. The molecule has 0 spiro atoms. The lowest BCUT2D eigenvalue weighted by atomic mass is 9.78. The molecule has 0 aromatic heterocycles. The summed E-state index contributed by atoms with van der Waals surface area (Å²) in [6, 6.07) is 7.70. The van der Waals surface area contributed by atoms with Crippen molar-refractivity contribution in [2.45, 2.75) is 44.6 Å². The Bertz CT molecular complexity index is 623. The second-order valence-electron chi connectivity index (χ2n) is 6.73. The van der Waals surface area contributed by atoms with Crippen LogP contribution >= 0.6 is 11.6 Å². The number of anilines is 1. The van der Waals surface area contributed by atoms with Gasteiger partial charge in [-0.05, 0) is 50.3 Å². The van der Waals surface area contributed by atoms with Gasteiger partial charge >= 0.3 is 0 Å². The molecule has 1 aromatic carbocycles. The highest BCUT2D eigenvalue weighted by atomic mass is 35.5. The van der Waals surface area contributed by atoms with Crippen LogP contribution in [0.3, 0.4) is 0 Å². The van der Waals surface area contributed by atoms with Crippen molar-refractivity contribution in [1.29, 1.82) is 5.26 Å². The summed E-state index contributed by atoms with van der Waals surface area (Å²) in [5.74, 6) is 0.844. The van der Waals surface area contributed by atoms with E-state index in [-0.39, 0.29) is 5.91 Å². The van der Waals surface area contributed by atoms with Crippen LogP contribution in [0, 0.1) is 17.2 Å². The molecule has 5 heteroatoms. The number of fused-ring (bicyclic) bond motifs is 1. The topological polar surface area (TPSA) is 57.3 Å². The van der Waals surface area contributed by atoms with Crippen LogP contribution in [-0.2, 0) is 4.79 Å². The standard InChI is InChI=1S/C18H22ClN3O/c19-16-10-15(8-7-14(16)11-20)21-18(23)12-22-9-3-5-13-4-1-2-6-17(13)22/h7-8,10,13,17H,1-6,9,12H2,(H,21,23)/p+1/t13-,17-/m0/s1. The van der Waals surface area contributed by atoms with Crippen molar-refractivity contribution in [3.63, 3.8) is 0 Å². The number of amides is 1. The molecular weight excluding hydrogens is 310 g/mol. The Morgan fingerprint density at radius 2 is 2.09 bits per heavy atom. The minimum Gasteiger partial charge on any atom is -0.324 e. The van der Waals surface area contributed by atoms with Gasteiger partial charge in [0.05, 0.1) is 23.2 Å². The number of nitriles is 1. The average Bonchev–Trinajstić information content (AvgIpc) is 2.55. The fourth-order valence-corrected chi connectivity index (χ4v) is 4.40. The smallest absolute Gasteiger partial charge is 0.279 e. The van der Waals surface area contributed by atoms with Gasteiger partial charge in [-0.25, -0.2) is 0 Å². The molecule has 0 bridgehead atoms. The first-order valence-electron chi connectivity index (χ1n) is 8.51. The van der Waals surface area contributed by atoms with Crippen LogP contribution in [0.25, 0.3) is 0 Å². The fourth-order valence-electron chi connectivity index (χ4n) is 4.18. The molecule has 3 atom stereocenters. The van der Waals surface area contributed by atoms with Crippen molar-refractivity contribution in [1.82, 2.24) is 0 Å². The average molecular weight is 333 g/mol. The van der Waals surface area contributed by atoms with E-state index >= 15 is 0 Å². The monoisotopic (exact) mass is 332 g/mol. The fraction of sp³-hybridized carbons (Fsp3) is 0.556. The Kier molecular flexibility index (Phi) is 5.20. The van der Waals surface area contributed by atoms with Gasteiger partial charge in [-0.1, -0.05) is 18.0 Å². The number of nitrogens with zero attached hydrogens (tertiary/aromatic N) is 1. The summed E-state index contributed by atoms with van der Waals surface area (Å²) in [6.07, 6.45) is 7.81. The number of benzene rings is 1. The Morgan fingerprint density at radius 1 is 1.30 bits per heavy atom. The number of rotatable bonds is 3. The maximum absolute atomic E-state index is 12.4. The number of nitrogens with one attached hydrogen (secondary N) is 2. The molecule has 1 aromatic rings. The molecule has 1 saturated carbocycles. The van der Waals surface area contributed by atoms with Crippen LogP contribution in [0.5, 0.6) is 0 Å². The van der Waals surface area contributed by atoms with Gasteiger partial charge < -0.3 is 10.2 Å². The Labute approximate surface area is 142 Å². The summed E-state index contributed by atoms with van der Waals surface area (Å²) in [5, 5.41) is 12.2. The molecule has 1 aliphatic carbocycles. The number of carbonyl (C=O) groups excluding carboxylic acids is 1. The largest absolute Gasteiger partial charge is 0.324 e. The molecule has 3 rings (SSSR count). The van der Waals surface area contributed by atoms with Crippen molar-refractivity contribution in [2.24, 2.45) is 5.92 Å². The molecule has 1 saturated heterocycles. The SMILES string of the molecule is N#Cc1ccc(NC(=O)C[NH+]2CCC[C@@H]3CCCC[C@@H]32)cc1Cl. The first kappa shape index (κ1) is 16.3. The number of halogens is 1. The van der Waals surface area contributed by atoms with E-state index in [9.17, 15) is 4.79 Å². The third-order valence-corrected chi connectivity index (χ3v) is 5.58. The van der Waals surface area contributed by atoms with Gasteiger partial charge in [0.25, 0.3) is 5.91 Å². The molecule has 4 nitrogen and oxygen atoms in total. The second kappa shape index (κ2) is 7.33. The maximum atomic E-state index is 12.4. The highest BCUT2D eigenvalue weighted by Gasteiger charge is 2.37. The number of hydrogen-bond donors (Lipinski definition) is 2. The summed E-state index contributed by atoms with van der Waals surface area (Å²) in [5.41, 5.74) is 1.09. The predicted octanol–water partition coefficient (Wildman–Crippen LogP) is 2.39. The molecule has 1 aliphatic heterocycles. The van der Waals surface area contributed by atoms with E-state index in [0.29, 0.717) is 28.9 Å².